The Hall–Kier alpha value is -5.80. The van der Waals surface area contributed by atoms with E-state index in [1.807, 2.05) is 60.7 Å². The first kappa shape index (κ1) is 43.3. The number of anilines is 2. The minimum atomic E-state index is -5.40. The Morgan fingerprint density at radius 2 is 1.57 bits per heavy atom. The molecule has 1 aliphatic heterocycles. The number of amides is 1. The molecule has 1 saturated carbocycles. The van der Waals surface area contributed by atoms with Gasteiger partial charge < -0.3 is 29.9 Å². The van der Waals surface area contributed by atoms with Crippen LogP contribution < -0.4 is 20.3 Å². The van der Waals surface area contributed by atoms with E-state index in [0.717, 1.165) is 23.3 Å². The highest BCUT2D eigenvalue weighted by atomic mass is 32.2. The molecule has 1 aliphatic carbocycles. The first-order chi connectivity index (χ1) is 28.9. The number of ether oxygens (including phenoxy) is 1. The molecule has 324 valence electrons. The van der Waals surface area contributed by atoms with Crippen LogP contribution in [0, 0.1) is 0 Å². The normalized spacial score (nSPS) is 20.9. The van der Waals surface area contributed by atoms with Crippen LogP contribution in [0.5, 0.6) is 0 Å². The molecule has 3 heterocycles. The van der Waals surface area contributed by atoms with Crippen molar-refractivity contribution in [3.8, 4) is 0 Å². The van der Waals surface area contributed by atoms with Crippen molar-refractivity contribution in [2.75, 3.05) is 29.9 Å². The minimum Gasteiger partial charge on any atom is -0.451 e. The van der Waals surface area contributed by atoms with Crippen LogP contribution in [0.15, 0.2) is 96.2 Å². The van der Waals surface area contributed by atoms with Crippen molar-refractivity contribution in [1.82, 2.24) is 29.6 Å². The number of aliphatic hydroxyl groups excluding tert-OH is 1. The molecule has 14 nitrogen and oxygen atoms in total. The number of imidazole rings is 1. The van der Waals surface area contributed by atoms with E-state index in [2.05, 4.69) is 20.3 Å². The molecular weight excluding hydrogens is 835 g/mol. The summed E-state index contributed by atoms with van der Waals surface area (Å²) in [7, 11) is -4.27. The number of nitrogens with zero attached hydrogens (tertiary/aromatic N) is 5. The molecule has 7 rings (SSSR count). The third kappa shape index (κ3) is 9.57. The first-order valence-electron chi connectivity index (χ1n) is 19.2. The third-order valence-electron chi connectivity index (χ3n) is 10.7. The van der Waals surface area contributed by atoms with Gasteiger partial charge in [0, 0.05) is 38.0 Å². The highest BCUT2D eigenvalue weighted by molar-refractivity contribution is 7.89. The van der Waals surface area contributed by atoms with Crippen molar-refractivity contribution in [2.45, 2.75) is 79.7 Å². The highest BCUT2D eigenvalue weighted by Crippen LogP contribution is 2.38. The molecule has 4 N–H and O–H groups in total. The Bertz CT molecular complexity index is 2420. The molecule has 0 radical (unpaired) electrons. The van der Waals surface area contributed by atoms with Crippen molar-refractivity contribution < 1.29 is 54.2 Å². The van der Waals surface area contributed by atoms with Gasteiger partial charge in [-0.2, -0.15) is 36.3 Å². The summed E-state index contributed by atoms with van der Waals surface area (Å²) in [6.45, 7) is 2.03. The van der Waals surface area contributed by atoms with E-state index in [1.165, 1.54) is 10.9 Å². The summed E-state index contributed by atoms with van der Waals surface area (Å²) in [5.41, 5.74) is 1.15. The number of benzene rings is 3. The number of sulfonamides is 1. The zero-order chi connectivity index (χ0) is 43.7. The molecule has 1 saturated heterocycles. The monoisotopic (exact) mass is 874 g/mol. The number of rotatable bonds is 13. The average molecular weight is 875 g/mol. The molecule has 1 amide bonds. The minimum absolute atomic E-state index is 0.00476. The summed E-state index contributed by atoms with van der Waals surface area (Å²) < 4.78 is 115. The number of aromatic nitrogens is 4. The van der Waals surface area contributed by atoms with Crippen LogP contribution in [0.25, 0.3) is 11.2 Å². The number of alkyl halides is 6. The fourth-order valence-electron chi connectivity index (χ4n) is 7.61. The topological polar surface area (TPSA) is 181 Å². The van der Waals surface area contributed by atoms with Crippen LogP contribution in [0.3, 0.4) is 0 Å². The molecule has 21 heteroatoms. The Labute approximate surface area is 345 Å². The van der Waals surface area contributed by atoms with E-state index < -0.39 is 70.1 Å². The zero-order valence-electron chi connectivity index (χ0n) is 32.3. The van der Waals surface area contributed by atoms with Gasteiger partial charge in [0.15, 0.2) is 23.1 Å². The lowest BCUT2D eigenvalue weighted by Gasteiger charge is -2.25. The third-order valence-corrected chi connectivity index (χ3v) is 12.2. The standard InChI is InChI=1S/C40H40F6N8O6S/c1-2-31(55)49-29-19-30(34(33(29)56)60-37(57)40(44,45)46)54-22-48-32-35(47-20-28(23-9-5-3-6-10-23)24-11-7-4-8-12-24)50-38(51-36(32)54)53-18-17-26(21-53)52-61(58,59)27-15-13-25(14-16-27)39(41,42)43/h3-16,22,26,28-30,33-34,52,56H,2,17-21H2,1H3,(H,49,55)(H,47,50,51)/t26-,29+,30-,33-,34+/m1/s1. The van der Waals surface area contributed by atoms with Crippen molar-refractivity contribution in [1.29, 1.82) is 0 Å². The summed E-state index contributed by atoms with van der Waals surface area (Å²) >= 11 is 0. The maximum atomic E-state index is 13.5. The Kier molecular flexibility index (Phi) is 12.3. The second kappa shape index (κ2) is 17.3. The van der Waals surface area contributed by atoms with Crippen LogP contribution in [-0.2, 0) is 30.5 Å². The van der Waals surface area contributed by atoms with Gasteiger partial charge in [-0.3, -0.25) is 4.79 Å². The number of carbonyl (C=O) groups is 2. The smallest absolute Gasteiger partial charge is 0.451 e. The van der Waals surface area contributed by atoms with E-state index in [1.54, 1.807) is 11.8 Å². The zero-order valence-corrected chi connectivity index (χ0v) is 33.1. The maximum Gasteiger partial charge on any atom is 0.490 e. The SMILES string of the molecule is CCC(=O)N[C@H]1C[C@@H](n2cnc3c(NCC(c4ccccc4)c4ccccc4)nc(N4CC[C@@H](NS(=O)(=O)c5ccc(C(F)(F)F)cc5)C4)nc32)[C@H](OC(=O)C(F)(F)F)[C@@H]1O. The molecule has 3 aromatic carbocycles. The van der Waals surface area contributed by atoms with Gasteiger partial charge in [-0.15, -0.1) is 0 Å². The molecule has 2 aromatic heterocycles. The molecule has 5 aromatic rings. The molecule has 0 unspecified atom stereocenters. The van der Waals surface area contributed by atoms with E-state index in [4.69, 9.17) is 14.7 Å². The number of hydrogen-bond acceptors (Lipinski definition) is 11. The molecule has 0 bridgehead atoms. The molecule has 2 fully saturated rings. The summed E-state index contributed by atoms with van der Waals surface area (Å²) in [5.74, 6) is -3.00. The van der Waals surface area contributed by atoms with Gasteiger partial charge in [-0.05, 0) is 48.2 Å². The number of halogens is 6. The first-order valence-corrected chi connectivity index (χ1v) is 20.7. The Balaban J connectivity index is 1.24. The lowest BCUT2D eigenvalue weighted by atomic mass is 9.91. The van der Waals surface area contributed by atoms with Gasteiger partial charge >= 0.3 is 18.3 Å². The summed E-state index contributed by atoms with van der Waals surface area (Å²) in [6, 6.07) is 19.2. The molecule has 2 aliphatic rings. The van der Waals surface area contributed by atoms with E-state index in [9.17, 15) is 49.5 Å². The van der Waals surface area contributed by atoms with Crippen LogP contribution >= 0.6 is 0 Å². The van der Waals surface area contributed by atoms with Gasteiger partial charge in [0.1, 0.15) is 6.10 Å². The molecular formula is C40H40F6N8O6S. The van der Waals surface area contributed by atoms with Gasteiger partial charge in [-0.25, -0.2) is 22.9 Å². The summed E-state index contributed by atoms with van der Waals surface area (Å²) in [6.07, 6.45) is -12.3. The van der Waals surface area contributed by atoms with E-state index in [0.29, 0.717) is 12.1 Å². The second-order valence-corrected chi connectivity index (χ2v) is 16.4. The average Bonchev–Trinajstić information content (AvgIpc) is 3.95. The largest absolute Gasteiger partial charge is 0.490 e. The van der Waals surface area contributed by atoms with Crippen molar-refractivity contribution in [3.63, 3.8) is 0 Å². The molecule has 0 spiro atoms. The van der Waals surface area contributed by atoms with Gasteiger partial charge in [0.05, 0.1) is 28.9 Å². The van der Waals surface area contributed by atoms with E-state index >= 15 is 0 Å². The number of nitrogens with one attached hydrogen (secondary N) is 3. The Morgan fingerprint density at radius 1 is 0.934 bits per heavy atom. The maximum absolute atomic E-state index is 13.5. The fourth-order valence-corrected chi connectivity index (χ4v) is 8.87. The van der Waals surface area contributed by atoms with Crippen LogP contribution in [-0.4, -0.2) is 95.0 Å². The fraction of sp³-hybridized carbons (Fsp3) is 0.375. The number of carbonyl (C=O) groups excluding carboxylic acids is 2. The van der Waals surface area contributed by atoms with E-state index in [-0.39, 0.29) is 72.6 Å². The predicted molar refractivity (Wildman–Crippen MR) is 209 cm³/mol. The van der Waals surface area contributed by atoms with Crippen LogP contribution in [0.4, 0.5) is 38.1 Å². The molecule has 5 atom stereocenters. The quantitative estimate of drug-likeness (QED) is 0.0889. The number of esters is 1. The number of aliphatic hydroxyl groups is 1. The highest BCUT2D eigenvalue weighted by Gasteiger charge is 2.51. The van der Waals surface area contributed by atoms with Gasteiger partial charge in [-0.1, -0.05) is 67.6 Å². The molecule has 61 heavy (non-hydrogen) atoms. The Morgan fingerprint density at radius 3 is 2.16 bits per heavy atom. The van der Waals surface area contributed by atoms with Crippen LogP contribution in [0.1, 0.15) is 54.8 Å². The van der Waals surface area contributed by atoms with Crippen molar-refractivity contribution in [2.24, 2.45) is 0 Å². The summed E-state index contributed by atoms with van der Waals surface area (Å²) in [5, 5.41) is 17.1. The van der Waals surface area contributed by atoms with Gasteiger partial charge in [0.25, 0.3) is 0 Å². The van der Waals surface area contributed by atoms with Crippen molar-refractivity contribution in [3.05, 3.63) is 108 Å². The predicted octanol–water partition coefficient (Wildman–Crippen LogP) is 5.32. The lowest BCUT2D eigenvalue weighted by Crippen LogP contribution is -2.45. The van der Waals surface area contributed by atoms with Crippen molar-refractivity contribution >= 4 is 44.8 Å². The second-order valence-electron chi connectivity index (χ2n) is 14.7. The van der Waals surface area contributed by atoms with Crippen LogP contribution in [0.2, 0.25) is 0 Å². The lowest BCUT2D eigenvalue weighted by molar-refractivity contribution is -0.209. The summed E-state index contributed by atoms with van der Waals surface area (Å²) in [4.78, 5) is 39.9. The van der Waals surface area contributed by atoms with Gasteiger partial charge in [0.2, 0.25) is 21.9 Å². The number of hydrogen-bond donors (Lipinski definition) is 4. The number of fused-ring (bicyclic) bond motifs is 1.